The number of carbonyl (C=O) groups is 3. The summed E-state index contributed by atoms with van der Waals surface area (Å²) in [5, 5.41) is 23.3. The summed E-state index contributed by atoms with van der Waals surface area (Å²) in [5.41, 5.74) is 4.50. The fourth-order valence-electron chi connectivity index (χ4n) is 4.35. The van der Waals surface area contributed by atoms with Crippen LogP contribution < -0.4 is 10.6 Å². The van der Waals surface area contributed by atoms with Crippen LogP contribution in [0.4, 0.5) is 4.79 Å². The summed E-state index contributed by atoms with van der Waals surface area (Å²) in [6.07, 6.45) is 1.47. The number of carboxylic acids is 1. The Balaban J connectivity index is 1.60. The molecule has 0 bridgehead atoms. The summed E-state index contributed by atoms with van der Waals surface area (Å²) in [6.45, 7) is 1.82. The molecule has 2 amide bonds. The second-order valence-electron chi connectivity index (χ2n) is 8.48. The van der Waals surface area contributed by atoms with Gasteiger partial charge in [-0.2, -0.15) is 0 Å². The van der Waals surface area contributed by atoms with Crippen LogP contribution in [0.15, 0.2) is 48.5 Å². The Morgan fingerprint density at radius 3 is 2.15 bits per heavy atom. The number of carboxylic acid groups (broad SMARTS) is 1. The van der Waals surface area contributed by atoms with Gasteiger partial charge in [-0.05, 0) is 28.7 Å². The van der Waals surface area contributed by atoms with Crippen LogP contribution in [0.3, 0.4) is 0 Å². The van der Waals surface area contributed by atoms with Gasteiger partial charge < -0.3 is 25.6 Å². The van der Waals surface area contributed by atoms with Crippen LogP contribution in [0.2, 0.25) is 0 Å². The highest BCUT2D eigenvalue weighted by Gasteiger charge is 2.29. The Bertz CT molecular complexity index is 963. The lowest BCUT2D eigenvalue weighted by Crippen LogP contribution is -2.45. The zero-order valence-corrected chi connectivity index (χ0v) is 19.3. The monoisotopic (exact) mass is 468 g/mol. The topological polar surface area (TPSA) is 125 Å². The lowest BCUT2D eigenvalue weighted by molar-refractivity contribution is -0.142. The smallest absolute Gasteiger partial charge is 0.407 e. The van der Waals surface area contributed by atoms with Crippen LogP contribution in [-0.4, -0.2) is 53.5 Å². The van der Waals surface area contributed by atoms with Crippen LogP contribution in [0.5, 0.6) is 0 Å². The molecule has 34 heavy (non-hydrogen) atoms. The third-order valence-corrected chi connectivity index (χ3v) is 6.05. The maximum absolute atomic E-state index is 12.6. The van der Waals surface area contributed by atoms with Crippen LogP contribution in [0, 0.1) is 0 Å². The molecule has 0 fully saturated rings. The van der Waals surface area contributed by atoms with Crippen molar-refractivity contribution in [3.63, 3.8) is 0 Å². The summed E-state index contributed by atoms with van der Waals surface area (Å²) in [6, 6.07) is 14.5. The Morgan fingerprint density at radius 1 is 0.971 bits per heavy atom. The van der Waals surface area contributed by atoms with E-state index in [4.69, 9.17) is 9.84 Å². The first-order valence-corrected chi connectivity index (χ1v) is 11.7. The number of carbonyl (C=O) groups excluding carboxylic acids is 2. The first kappa shape index (κ1) is 25.2. The Labute approximate surface area is 199 Å². The highest BCUT2D eigenvalue weighted by molar-refractivity contribution is 5.84. The Hall–Kier alpha value is -3.39. The number of hydrogen-bond donors (Lipinski definition) is 4. The number of aliphatic hydroxyl groups excluding tert-OH is 1. The van der Waals surface area contributed by atoms with E-state index < -0.39 is 30.1 Å². The van der Waals surface area contributed by atoms with Gasteiger partial charge in [-0.1, -0.05) is 68.3 Å². The SMILES string of the molecule is CCCC[C@@H](CC(=O)N[C@H](CCO)C(=O)O)NC(=O)OCC1c2ccccc2-c2ccccc21. The quantitative estimate of drug-likeness (QED) is 0.378. The molecule has 0 unspecified atom stereocenters. The zero-order valence-electron chi connectivity index (χ0n) is 19.3. The van der Waals surface area contributed by atoms with E-state index in [1.165, 1.54) is 0 Å². The molecule has 2 atom stereocenters. The molecule has 1 aliphatic rings. The number of amides is 2. The van der Waals surface area contributed by atoms with Crippen LogP contribution in [0.1, 0.15) is 56.1 Å². The fourth-order valence-corrected chi connectivity index (χ4v) is 4.35. The van der Waals surface area contributed by atoms with Gasteiger partial charge in [0.2, 0.25) is 5.91 Å². The predicted molar refractivity (Wildman–Crippen MR) is 127 cm³/mol. The number of hydrogen-bond acceptors (Lipinski definition) is 5. The molecule has 0 heterocycles. The number of unbranched alkanes of at least 4 members (excludes halogenated alkanes) is 1. The standard InChI is InChI=1S/C26H32N2O6/c1-2-3-8-17(15-24(30)28-23(13-14-29)25(31)32)27-26(33)34-16-22-20-11-6-4-9-18(20)19-10-5-7-12-21(19)22/h4-7,9-12,17,22-23,29H,2-3,8,13-16H2,1H3,(H,27,33)(H,28,30)(H,31,32)/t17-,23+/m0/s1. The molecule has 8 nitrogen and oxygen atoms in total. The van der Waals surface area contributed by atoms with Gasteiger partial charge in [-0.25, -0.2) is 9.59 Å². The van der Waals surface area contributed by atoms with Gasteiger partial charge in [0.1, 0.15) is 12.6 Å². The molecule has 3 rings (SSSR count). The fraction of sp³-hybridized carbons (Fsp3) is 0.423. The minimum atomic E-state index is -1.21. The highest BCUT2D eigenvalue weighted by Crippen LogP contribution is 2.44. The number of aliphatic carboxylic acids is 1. The van der Waals surface area contributed by atoms with E-state index in [9.17, 15) is 19.5 Å². The van der Waals surface area contributed by atoms with E-state index in [1.54, 1.807) is 0 Å². The summed E-state index contributed by atoms with van der Waals surface area (Å²) in [5.74, 6) is -1.77. The molecular weight excluding hydrogens is 436 g/mol. The normalized spacial score (nSPS) is 13.9. The van der Waals surface area contributed by atoms with E-state index in [1.807, 2.05) is 43.3 Å². The van der Waals surface area contributed by atoms with E-state index in [-0.39, 0.29) is 32.0 Å². The molecule has 2 aromatic carbocycles. The maximum atomic E-state index is 12.6. The molecule has 182 valence electrons. The van der Waals surface area contributed by atoms with Gasteiger partial charge in [-0.3, -0.25) is 4.79 Å². The third-order valence-electron chi connectivity index (χ3n) is 6.05. The number of alkyl carbamates (subject to hydrolysis) is 1. The molecule has 2 aromatic rings. The number of nitrogens with one attached hydrogen (secondary N) is 2. The molecule has 0 spiro atoms. The second kappa shape index (κ2) is 12.2. The van der Waals surface area contributed by atoms with Gasteiger partial charge in [0.15, 0.2) is 0 Å². The van der Waals surface area contributed by atoms with Gasteiger partial charge >= 0.3 is 12.1 Å². The van der Waals surface area contributed by atoms with E-state index in [2.05, 4.69) is 22.8 Å². The molecular formula is C26H32N2O6. The van der Waals surface area contributed by atoms with E-state index >= 15 is 0 Å². The predicted octanol–water partition coefficient (Wildman–Crippen LogP) is 3.43. The molecule has 0 saturated heterocycles. The van der Waals surface area contributed by atoms with Crippen molar-refractivity contribution in [3.05, 3.63) is 59.7 Å². The van der Waals surface area contributed by atoms with Crippen molar-refractivity contribution in [2.75, 3.05) is 13.2 Å². The minimum Gasteiger partial charge on any atom is -0.480 e. The van der Waals surface area contributed by atoms with Crippen molar-refractivity contribution < 1.29 is 29.3 Å². The molecule has 0 aromatic heterocycles. The Morgan fingerprint density at radius 2 is 1.59 bits per heavy atom. The van der Waals surface area contributed by atoms with E-state index in [0.29, 0.717) is 6.42 Å². The van der Waals surface area contributed by atoms with Crippen molar-refractivity contribution in [3.8, 4) is 11.1 Å². The number of fused-ring (bicyclic) bond motifs is 3. The van der Waals surface area contributed by atoms with E-state index in [0.717, 1.165) is 35.1 Å². The Kier molecular flexibility index (Phi) is 9.04. The van der Waals surface area contributed by atoms with Crippen molar-refractivity contribution in [2.45, 2.75) is 57.0 Å². The molecule has 4 N–H and O–H groups in total. The number of rotatable bonds is 12. The molecule has 8 heteroatoms. The largest absolute Gasteiger partial charge is 0.480 e. The highest BCUT2D eigenvalue weighted by atomic mass is 16.5. The summed E-state index contributed by atoms with van der Waals surface area (Å²) in [4.78, 5) is 36.2. The van der Waals surface area contributed by atoms with Crippen LogP contribution in [0.25, 0.3) is 11.1 Å². The van der Waals surface area contributed by atoms with Crippen molar-refractivity contribution in [1.29, 1.82) is 0 Å². The van der Waals surface area contributed by atoms with Crippen molar-refractivity contribution in [1.82, 2.24) is 10.6 Å². The number of benzene rings is 2. The van der Waals surface area contributed by atoms with Gasteiger partial charge in [0, 0.05) is 31.4 Å². The second-order valence-corrected chi connectivity index (χ2v) is 8.48. The van der Waals surface area contributed by atoms with Crippen LogP contribution >= 0.6 is 0 Å². The molecule has 1 aliphatic carbocycles. The number of aliphatic hydroxyl groups is 1. The maximum Gasteiger partial charge on any atom is 0.407 e. The van der Waals surface area contributed by atoms with Crippen molar-refractivity contribution in [2.24, 2.45) is 0 Å². The first-order chi connectivity index (χ1) is 16.4. The van der Waals surface area contributed by atoms with Gasteiger partial charge in [0.25, 0.3) is 0 Å². The zero-order chi connectivity index (χ0) is 24.5. The summed E-state index contributed by atoms with van der Waals surface area (Å²) >= 11 is 0. The number of ether oxygens (including phenoxy) is 1. The lowest BCUT2D eigenvalue weighted by atomic mass is 9.98. The average Bonchev–Trinajstić information content (AvgIpc) is 3.14. The molecule has 0 saturated carbocycles. The summed E-state index contributed by atoms with van der Waals surface area (Å²) < 4.78 is 5.58. The minimum absolute atomic E-state index is 0.0645. The first-order valence-electron chi connectivity index (χ1n) is 11.7. The van der Waals surface area contributed by atoms with Gasteiger partial charge in [0.05, 0.1) is 0 Å². The molecule has 0 radical (unpaired) electrons. The molecule has 0 aliphatic heterocycles. The van der Waals surface area contributed by atoms with Gasteiger partial charge in [-0.15, -0.1) is 0 Å². The summed E-state index contributed by atoms with van der Waals surface area (Å²) in [7, 11) is 0. The lowest BCUT2D eigenvalue weighted by Gasteiger charge is -2.21. The van der Waals surface area contributed by atoms with Crippen molar-refractivity contribution >= 4 is 18.0 Å². The third kappa shape index (κ3) is 6.35. The average molecular weight is 469 g/mol. The van der Waals surface area contributed by atoms with Crippen LogP contribution in [-0.2, 0) is 14.3 Å².